The summed E-state index contributed by atoms with van der Waals surface area (Å²) in [5.74, 6) is -0.476. The summed E-state index contributed by atoms with van der Waals surface area (Å²) in [5, 5.41) is 0. The molecule has 2 heterocycles. The molecule has 0 atom stereocenters. The van der Waals surface area contributed by atoms with Crippen molar-refractivity contribution in [2.24, 2.45) is 0 Å². The van der Waals surface area contributed by atoms with Gasteiger partial charge < -0.3 is 4.90 Å². The van der Waals surface area contributed by atoms with Crippen molar-refractivity contribution in [3.05, 3.63) is 76.9 Å². The van der Waals surface area contributed by atoms with Crippen molar-refractivity contribution in [2.45, 2.75) is 11.4 Å². The quantitative estimate of drug-likeness (QED) is 0.582. The molecule has 0 radical (unpaired) electrons. The van der Waals surface area contributed by atoms with E-state index in [0.29, 0.717) is 31.7 Å². The summed E-state index contributed by atoms with van der Waals surface area (Å²) in [4.78, 5) is 19.0. The average molecular weight is 459 g/mol. The van der Waals surface area contributed by atoms with Gasteiger partial charge in [-0.15, -0.1) is 11.3 Å². The van der Waals surface area contributed by atoms with Gasteiger partial charge >= 0.3 is 0 Å². The molecule has 0 spiro atoms. The minimum absolute atomic E-state index is 0.0710. The molecule has 1 amide bonds. The van der Waals surface area contributed by atoms with Gasteiger partial charge in [0.1, 0.15) is 5.82 Å². The Kier molecular flexibility index (Phi) is 6.22. The number of carbonyl (C=O) groups is 1. The van der Waals surface area contributed by atoms with Gasteiger partial charge in [-0.1, -0.05) is 30.3 Å². The molecule has 0 N–H and O–H groups in total. The van der Waals surface area contributed by atoms with Crippen LogP contribution in [0.5, 0.6) is 0 Å². The van der Waals surface area contributed by atoms with E-state index in [4.69, 9.17) is 0 Å². The number of hydrogen-bond donors (Lipinski definition) is 0. The third-order valence-corrected chi connectivity index (χ3v) is 7.62. The van der Waals surface area contributed by atoms with E-state index >= 15 is 0 Å². The van der Waals surface area contributed by atoms with Gasteiger partial charge in [-0.3, -0.25) is 9.69 Å². The third kappa shape index (κ3) is 4.87. The fourth-order valence-corrected chi connectivity index (χ4v) is 5.69. The molecule has 0 aliphatic carbocycles. The largest absolute Gasteiger partial charge is 0.336 e. The lowest BCUT2D eigenvalue weighted by molar-refractivity contribution is 0.0626. The number of sulfone groups is 1. The molecule has 162 valence electrons. The van der Waals surface area contributed by atoms with Gasteiger partial charge in [-0.05, 0) is 30.3 Å². The fourth-order valence-electron chi connectivity index (χ4n) is 3.74. The molecule has 1 aliphatic rings. The molecule has 0 saturated carbocycles. The van der Waals surface area contributed by atoms with Crippen molar-refractivity contribution in [1.29, 1.82) is 0 Å². The lowest BCUT2D eigenvalue weighted by atomic mass is 10.1. The zero-order chi connectivity index (χ0) is 22.0. The van der Waals surface area contributed by atoms with E-state index in [9.17, 15) is 17.6 Å². The highest BCUT2D eigenvalue weighted by atomic mass is 32.2. The van der Waals surface area contributed by atoms with Crippen LogP contribution in [0.15, 0.2) is 65.6 Å². The Labute approximate surface area is 185 Å². The molecule has 8 heteroatoms. The Balaban J connectivity index is 1.39. The highest BCUT2D eigenvalue weighted by Crippen LogP contribution is 2.31. The van der Waals surface area contributed by atoms with Crippen LogP contribution in [0.25, 0.3) is 10.4 Å². The molecular weight excluding hydrogens is 435 g/mol. The molecule has 31 heavy (non-hydrogen) atoms. The number of carbonyl (C=O) groups excluding carboxylic acids is 1. The molecule has 3 aromatic rings. The number of halogens is 1. The van der Waals surface area contributed by atoms with Gasteiger partial charge in [0.25, 0.3) is 5.91 Å². The number of piperazine rings is 1. The first-order valence-corrected chi connectivity index (χ1v) is 12.7. The van der Waals surface area contributed by atoms with Crippen LogP contribution < -0.4 is 0 Å². The summed E-state index contributed by atoms with van der Waals surface area (Å²) < 4.78 is 38.1. The van der Waals surface area contributed by atoms with Crippen LogP contribution in [0, 0.1) is 5.82 Å². The summed E-state index contributed by atoms with van der Waals surface area (Å²) in [6, 6.07) is 17.1. The number of thiophene rings is 1. The van der Waals surface area contributed by atoms with E-state index in [2.05, 4.69) is 4.90 Å². The summed E-state index contributed by atoms with van der Waals surface area (Å²) in [6.45, 7) is 3.19. The zero-order valence-corrected chi connectivity index (χ0v) is 18.8. The second kappa shape index (κ2) is 8.90. The van der Waals surface area contributed by atoms with Crippen molar-refractivity contribution in [1.82, 2.24) is 9.80 Å². The standard InChI is InChI=1S/C23H23FN2O3S2/c1-31(28,29)22-9-5-3-7-19(22)23(27)26-14-12-25(13-15-26)16-17-10-11-21(30-17)18-6-2-4-8-20(18)24/h2-11H,12-16H2,1H3. The lowest BCUT2D eigenvalue weighted by Crippen LogP contribution is -2.48. The molecule has 4 rings (SSSR count). The van der Waals surface area contributed by atoms with Crippen LogP contribution in [-0.4, -0.2) is 56.6 Å². The lowest BCUT2D eigenvalue weighted by Gasteiger charge is -2.34. The number of nitrogens with zero attached hydrogens (tertiary/aromatic N) is 2. The van der Waals surface area contributed by atoms with Crippen molar-refractivity contribution in [3.63, 3.8) is 0 Å². The maximum Gasteiger partial charge on any atom is 0.255 e. The van der Waals surface area contributed by atoms with E-state index in [1.807, 2.05) is 18.2 Å². The fraction of sp³-hybridized carbons (Fsp3) is 0.261. The van der Waals surface area contributed by atoms with Crippen LogP contribution >= 0.6 is 11.3 Å². The summed E-state index contributed by atoms with van der Waals surface area (Å²) in [6.07, 6.45) is 1.12. The van der Waals surface area contributed by atoms with Gasteiger partial charge in [0.15, 0.2) is 9.84 Å². The third-order valence-electron chi connectivity index (χ3n) is 5.36. The maximum atomic E-state index is 14.0. The van der Waals surface area contributed by atoms with Crippen LogP contribution in [0.2, 0.25) is 0 Å². The predicted molar refractivity (Wildman–Crippen MR) is 120 cm³/mol. The SMILES string of the molecule is CS(=O)(=O)c1ccccc1C(=O)N1CCN(Cc2ccc(-c3ccccc3F)s2)CC1. The van der Waals surface area contributed by atoms with Gasteiger partial charge in [-0.25, -0.2) is 12.8 Å². The van der Waals surface area contributed by atoms with Crippen molar-refractivity contribution in [3.8, 4) is 10.4 Å². The van der Waals surface area contributed by atoms with E-state index < -0.39 is 9.84 Å². The first kappa shape index (κ1) is 21.7. The second-order valence-corrected chi connectivity index (χ2v) is 10.7. The number of hydrogen-bond acceptors (Lipinski definition) is 5. The van der Waals surface area contributed by atoms with Gasteiger partial charge in [0, 0.05) is 54.3 Å². The first-order chi connectivity index (χ1) is 14.8. The first-order valence-electron chi connectivity index (χ1n) is 9.97. The Bertz CT molecular complexity index is 1200. The Morgan fingerprint density at radius 2 is 1.65 bits per heavy atom. The molecule has 1 fully saturated rings. The van der Waals surface area contributed by atoms with Crippen LogP contribution in [0.4, 0.5) is 4.39 Å². The molecule has 0 bridgehead atoms. The van der Waals surface area contributed by atoms with Crippen molar-refractivity contribution < 1.29 is 17.6 Å². The average Bonchev–Trinajstić information content (AvgIpc) is 3.22. The van der Waals surface area contributed by atoms with Gasteiger partial charge in [0.2, 0.25) is 0 Å². The summed E-state index contributed by atoms with van der Waals surface area (Å²) >= 11 is 1.57. The molecule has 2 aromatic carbocycles. The van der Waals surface area contributed by atoms with E-state index in [0.717, 1.165) is 22.6 Å². The Morgan fingerprint density at radius 1 is 0.968 bits per heavy atom. The van der Waals surface area contributed by atoms with Crippen LogP contribution in [0.3, 0.4) is 0 Å². The van der Waals surface area contributed by atoms with E-state index in [1.165, 1.54) is 12.1 Å². The summed E-state index contributed by atoms with van der Waals surface area (Å²) in [7, 11) is -3.48. The predicted octanol–water partition coefficient (Wildman–Crippen LogP) is 3.92. The van der Waals surface area contributed by atoms with Crippen molar-refractivity contribution in [2.75, 3.05) is 32.4 Å². The van der Waals surface area contributed by atoms with Crippen LogP contribution in [0.1, 0.15) is 15.2 Å². The van der Waals surface area contributed by atoms with E-state index in [-0.39, 0.29) is 22.2 Å². The number of amides is 1. The zero-order valence-electron chi connectivity index (χ0n) is 17.1. The topological polar surface area (TPSA) is 57.7 Å². The molecule has 1 saturated heterocycles. The van der Waals surface area contributed by atoms with Crippen LogP contribution in [-0.2, 0) is 16.4 Å². The molecule has 1 aliphatic heterocycles. The monoisotopic (exact) mass is 458 g/mol. The smallest absolute Gasteiger partial charge is 0.255 e. The molecule has 1 aromatic heterocycles. The Morgan fingerprint density at radius 3 is 2.35 bits per heavy atom. The summed E-state index contributed by atoms with van der Waals surface area (Å²) in [5.41, 5.74) is 0.838. The Hall–Kier alpha value is -2.55. The van der Waals surface area contributed by atoms with Gasteiger partial charge in [-0.2, -0.15) is 0 Å². The number of benzene rings is 2. The van der Waals surface area contributed by atoms with Crippen molar-refractivity contribution >= 4 is 27.1 Å². The minimum Gasteiger partial charge on any atom is -0.336 e. The normalized spacial score (nSPS) is 15.2. The highest BCUT2D eigenvalue weighted by molar-refractivity contribution is 7.90. The molecule has 0 unspecified atom stereocenters. The van der Waals surface area contributed by atoms with E-state index in [1.54, 1.807) is 46.6 Å². The molecular formula is C23H23FN2O3S2. The molecule has 5 nitrogen and oxygen atoms in total. The maximum absolute atomic E-state index is 14.0. The highest BCUT2D eigenvalue weighted by Gasteiger charge is 2.26. The second-order valence-electron chi connectivity index (χ2n) is 7.58. The minimum atomic E-state index is -3.48. The number of rotatable bonds is 5. The van der Waals surface area contributed by atoms with Gasteiger partial charge in [0.05, 0.1) is 10.5 Å².